The predicted octanol–water partition coefficient (Wildman–Crippen LogP) is 3.25. The van der Waals surface area contributed by atoms with Crippen LogP contribution >= 0.6 is 0 Å². The molecule has 0 aromatic heterocycles. The molecule has 0 bridgehead atoms. The molecule has 7 nitrogen and oxygen atoms in total. The highest BCUT2D eigenvalue weighted by Crippen LogP contribution is 2.31. The van der Waals surface area contributed by atoms with E-state index in [0.717, 1.165) is 51.3 Å². The summed E-state index contributed by atoms with van der Waals surface area (Å²) in [6.45, 7) is 5.84. The Morgan fingerprint density at radius 2 is 1.91 bits per heavy atom. The normalized spacial score (nSPS) is 18.9. The average Bonchev–Trinajstić information content (AvgIpc) is 2.86. The lowest BCUT2D eigenvalue weighted by molar-refractivity contribution is 0.0289. The van der Waals surface area contributed by atoms with Gasteiger partial charge in [0.15, 0.2) is 0 Å². The molecular weight excluding hydrogens is 416 g/mol. The number of hydrogen-bond donors (Lipinski definition) is 0. The number of ether oxygens (including phenoxy) is 2. The van der Waals surface area contributed by atoms with E-state index in [-0.39, 0.29) is 12.0 Å². The SMILES string of the molecule is COc1ccc(N2CCN(CCC3OCCc4cc(C(=O)/N=C/N(C)C)ccc43)CC2)cc1. The topological polar surface area (TPSA) is 57.6 Å². The average molecular weight is 451 g/mol. The summed E-state index contributed by atoms with van der Waals surface area (Å²) in [7, 11) is 5.40. The van der Waals surface area contributed by atoms with E-state index in [1.54, 1.807) is 18.3 Å². The maximum atomic E-state index is 12.3. The number of carbonyl (C=O) groups excluding carboxylic acids is 1. The minimum atomic E-state index is -0.204. The fourth-order valence-corrected chi connectivity index (χ4v) is 4.47. The van der Waals surface area contributed by atoms with Gasteiger partial charge in [0.05, 0.1) is 26.2 Å². The molecule has 0 radical (unpaired) electrons. The molecule has 1 atom stereocenters. The van der Waals surface area contributed by atoms with Crippen LogP contribution in [-0.2, 0) is 11.2 Å². The molecular formula is C26H34N4O3. The quantitative estimate of drug-likeness (QED) is 0.477. The standard InChI is InChI=1S/C26H34N4O3/c1-28(2)19-27-26(31)21-4-9-24-20(18-21)11-17-33-25(24)10-12-29-13-15-30(16-14-29)22-5-7-23(32-3)8-6-22/h4-9,18-19,25H,10-17H2,1-3H3/b27-19+. The molecule has 1 unspecified atom stereocenters. The molecule has 4 rings (SSSR count). The lowest BCUT2D eigenvalue weighted by Crippen LogP contribution is -2.46. The zero-order valence-corrected chi connectivity index (χ0v) is 19.9. The fourth-order valence-electron chi connectivity index (χ4n) is 4.47. The van der Waals surface area contributed by atoms with Crippen LogP contribution in [0.1, 0.15) is 34.0 Å². The highest BCUT2D eigenvalue weighted by Gasteiger charge is 2.24. The summed E-state index contributed by atoms with van der Waals surface area (Å²) in [4.78, 5) is 23.1. The van der Waals surface area contributed by atoms with E-state index in [1.165, 1.54) is 16.8 Å². The Balaban J connectivity index is 1.30. The van der Waals surface area contributed by atoms with Gasteiger partial charge >= 0.3 is 0 Å². The zero-order valence-electron chi connectivity index (χ0n) is 19.9. The monoisotopic (exact) mass is 450 g/mol. The zero-order chi connectivity index (χ0) is 23.2. The second-order valence-corrected chi connectivity index (χ2v) is 8.85. The Kier molecular flexibility index (Phi) is 7.62. The third-order valence-corrected chi connectivity index (χ3v) is 6.35. The van der Waals surface area contributed by atoms with Crippen molar-refractivity contribution in [3.8, 4) is 5.75 Å². The van der Waals surface area contributed by atoms with Crippen molar-refractivity contribution in [2.24, 2.45) is 4.99 Å². The van der Waals surface area contributed by atoms with Crippen molar-refractivity contribution in [3.05, 3.63) is 59.2 Å². The van der Waals surface area contributed by atoms with Crippen LogP contribution in [0.3, 0.4) is 0 Å². The molecule has 33 heavy (non-hydrogen) atoms. The highest BCUT2D eigenvalue weighted by atomic mass is 16.5. The van der Waals surface area contributed by atoms with Gasteiger partial charge in [-0.2, -0.15) is 4.99 Å². The number of piperazine rings is 1. The number of anilines is 1. The van der Waals surface area contributed by atoms with Crippen LogP contribution in [0.25, 0.3) is 0 Å². The molecule has 0 N–H and O–H groups in total. The summed E-state index contributed by atoms with van der Waals surface area (Å²) in [5.41, 5.74) is 4.31. The van der Waals surface area contributed by atoms with E-state index in [9.17, 15) is 4.79 Å². The second kappa shape index (κ2) is 10.8. The number of nitrogens with zero attached hydrogens (tertiary/aromatic N) is 4. The van der Waals surface area contributed by atoms with E-state index in [2.05, 4.69) is 33.0 Å². The van der Waals surface area contributed by atoms with E-state index in [4.69, 9.17) is 9.47 Å². The van der Waals surface area contributed by atoms with Crippen LogP contribution in [0.15, 0.2) is 47.5 Å². The molecule has 2 heterocycles. The number of rotatable bonds is 7. The summed E-state index contributed by atoms with van der Waals surface area (Å²) in [5.74, 6) is 0.687. The fraction of sp³-hybridized carbons (Fsp3) is 0.462. The van der Waals surface area contributed by atoms with Crippen LogP contribution in [0.4, 0.5) is 5.69 Å². The molecule has 0 aliphatic carbocycles. The van der Waals surface area contributed by atoms with Gasteiger partial charge in [0.25, 0.3) is 5.91 Å². The van der Waals surface area contributed by atoms with Crippen molar-refractivity contribution in [3.63, 3.8) is 0 Å². The molecule has 2 aliphatic heterocycles. The van der Waals surface area contributed by atoms with E-state index in [1.807, 2.05) is 38.4 Å². The first kappa shape index (κ1) is 23.3. The van der Waals surface area contributed by atoms with Crippen molar-refractivity contribution < 1.29 is 14.3 Å². The van der Waals surface area contributed by atoms with Crippen LogP contribution < -0.4 is 9.64 Å². The van der Waals surface area contributed by atoms with E-state index in [0.29, 0.717) is 12.2 Å². The number of amides is 1. The first-order valence-corrected chi connectivity index (χ1v) is 11.6. The number of methoxy groups -OCH3 is 1. The maximum absolute atomic E-state index is 12.3. The Labute approximate surface area is 196 Å². The second-order valence-electron chi connectivity index (χ2n) is 8.85. The Morgan fingerprint density at radius 1 is 1.15 bits per heavy atom. The van der Waals surface area contributed by atoms with Gasteiger partial charge in [-0.15, -0.1) is 0 Å². The lowest BCUT2D eigenvalue weighted by Gasteiger charge is -2.37. The third-order valence-electron chi connectivity index (χ3n) is 6.35. The Morgan fingerprint density at radius 3 is 2.61 bits per heavy atom. The minimum Gasteiger partial charge on any atom is -0.497 e. The van der Waals surface area contributed by atoms with Gasteiger partial charge in [-0.25, -0.2) is 0 Å². The summed E-state index contributed by atoms with van der Waals surface area (Å²) in [6, 6.07) is 14.2. The van der Waals surface area contributed by atoms with Gasteiger partial charge in [-0.3, -0.25) is 9.69 Å². The minimum absolute atomic E-state index is 0.0859. The van der Waals surface area contributed by atoms with Crippen molar-refractivity contribution in [2.75, 3.05) is 65.4 Å². The number of benzene rings is 2. The molecule has 1 saturated heterocycles. The summed E-state index contributed by atoms with van der Waals surface area (Å²) in [5, 5.41) is 0. The highest BCUT2D eigenvalue weighted by molar-refractivity contribution is 5.98. The molecule has 2 aliphatic rings. The lowest BCUT2D eigenvalue weighted by atomic mass is 9.93. The number of fused-ring (bicyclic) bond motifs is 1. The number of aliphatic imine (C=N–C) groups is 1. The van der Waals surface area contributed by atoms with Gasteiger partial charge < -0.3 is 19.3 Å². The van der Waals surface area contributed by atoms with E-state index < -0.39 is 0 Å². The molecule has 176 valence electrons. The first-order chi connectivity index (χ1) is 16.0. The predicted molar refractivity (Wildman–Crippen MR) is 132 cm³/mol. The number of hydrogen-bond acceptors (Lipinski definition) is 5. The van der Waals surface area contributed by atoms with Crippen LogP contribution in [0.5, 0.6) is 5.75 Å². The molecule has 1 fully saturated rings. The molecule has 2 aromatic carbocycles. The Bertz CT molecular complexity index is 966. The Hall–Kier alpha value is -2.90. The molecule has 0 saturated carbocycles. The molecule has 1 amide bonds. The van der Waals surface area contributed by atoms with Gasteiger partial charge in [-0.05, 0) is 60.4 Å². The van der Waals surface area contributed by atoms with Crippen molar-refractivity contribution >= 4 is 17.9 Å². The summed E-state index contributed by atoms with van der Waals surface area (Å²) >= 11 is 0. The molecule has 0 spiro atoms. The van der Waals surface area contributed by atoms with Crippen LogP contribution in [-0.4, -0.2) is 82.6 Å². The third kappa shape index (κ3) is 5.92. The molecule has 2 aromatic rings. The van der Waals surface area contributed by atoms with Crippen molar-refractivity contribution in [2.45, 2.75) is 18.9 Å². The smallest absolute Gasteiger partial charge is 0.278 e. The van der Waals surface area contributed by atoms with Gasteiger partial charge in [0, 0.05) is 58.1 Å². The van der Waals surface area contributed by atoms with Gasteiger partial charge in [-0.1, -0.05) is 6.07 Å². The summed E-state index contributed by atoms with van der Waals surface area (Å²) < 4.78 is 11.4. The largest absolute Gasteiger partial charge is 0.497 e. The van der Waals surface area contributed by atoms with Gasteiger partial charge in [0.2, 0.25) is 0 Å². The van der Waals surface area contributed by atoms with Gasteiger partial charge in [0.1, 0.15) is 5.75 Å². The van der Waals surface area contributed by atoms with Crippen molar-refractivity contribution in [1.29, 1.82) is 0 Å². The van der Waals surface area contributed by atoms with Crippen LogP contribution in [0.2, 0.25) is 0 Å². The first-order valence-electron chi connectivity index (χ1n) is 11.6. The molecule has 7 heteroatoms. The van der Waals surface area contributed by atoms with Crippen molar-refractivity contribution in [1.82, 2.24) is 9.80 Å². The number of carbonyl (C=O) groups is 1. The van der Waals surface area contributed by atoms with Crippen LogP contribution in [0, 0.1) is 0 Å². The summed E-state index contributed by atoms with van der Waals surface area (Å²) in [6.07, 6.45) is 3.43. The maximum Gasteiger partial charge on any atom is 0.278 e. The van der Waals surface area contributed by atoms with E-state index >= 15 is 0 Å².